The highest BCUT2D eigenvalue weighted by Crippen LogP contribution is 2.38. The second-order valence-electron chi connectivity index (χ2n) is 6.99. The Balaban J connectivity index is 2.06. The van der Waals surface area contributed by atoms with Crippen molar-refractivity contribution in [2.75, 3.05) is 26.2 Å². The van der Waals surface area contributed by atoms with Crippen molar-refractivity contribution in [1.82, 2.24) is 9.88 Å². The number of likely N-dealkylation sites (N-methyl/N-ethyl adjacent to an activating group) is 1. The summed E-state index contributed by atoms with van der Waals surface area (Å²) in [5.41, 5.74) is 1.28. The lowest BCUT2D eigenvalue weighted by molar-refractivity contribution is -0.895. The van der Waals surface area contributed by atoms with Crippen molar-refractivity contribution in [2.45, 2.75) is 19.9 Å². The second kappa shape index (κ2) is 9.20. The van der Waals surface area contributed by atoms with Gasteiger partial charge in [0.25, 0.3) is 11.7 Å². The number of amides is 1. The second-order valence-corrected chi connectivity index (χ2v) is 7.42. The summed E-state index contributed by atoms with van der Waals surface area (Å²) in [6.45, 7) is 7.20. The summed E-state index contributed by atoms with van der Waals surface area (Å²) in [7, 11) is 0. The van der Waals surface area contributed by atoms with Gasteiger partial charge in [-0.3, -0.25) is 14.6 Å². The van der Waals surface area contributed by atoms with Gasteiger partial charge in [0.05, 0.1) is 37.8 Å². The number of hydrogen-bond acceptors (Lipinski definition) is 4. The molecule has 0 aliphatic carbocycles. The lowest BCUT2D eigenvalue weighted by Gasteiger charge is -2.26. The van der Waals surface area contributed by atoms with Gasteiger partial charge >= 0.3 is 0 Å². The molecule has 1 aliphatic rings. The SMILES string of the molecule is CC[NH+](CC)CCN1C(=O)C(=O)/C(=C(/O)c2ccc(Cl)cc2)[C@H]1c1ccncc1. The molecule has 1 aromatic heterocycles. The summed E-state index contributed by atoms with van der Waals surface area (Å²) < 4.78 is 0. The van der Waals surface area contributed by atoms with E-state index in [2.05, 4.69) is 18.8 Å². The molecular formula is C22H25ClN3O3+. The lowest BCUT2D eigenvalue weighted by Crippen LogP contribution is -3.12. The Morgan fingerprint density at radius 1 is 1.10 bits per heavy atom. The smallest absolute Gasteiger partial charge is 0.295 e. The number of carbonyl (C=O) groups excluding carboxylic acids is 2. The zero-order chi connectivity index (χ0) is 21.0. The minimum Gasteiger partial charge on any atom is -0.507 e. The van der Waals surface area contributed by atoms with Crippen molar-refractivity contribution < 1.29 is 19.6 Å². The normalized spacial score (nSPS) is 18.6. The largest absolute Gasteiger partial charge is 0.507 e. The molecule has 1 fully saturated rings. The minimum absolute atomic E-state index is 0.0954. The molecule has 1 atom stereocenters. The first-order valence-electron chi connectivity index (χ1n) is 9.75. The zero-order valence-corrected chi connectivity index (χ0v) is 17.3. The van der Waals surface area contributed by atoms with Crippen LogP contribution in [0.4, 0.5) is 0 Å². The van der Waals surface area contributed by atoms with E-state index in [1.54, 1.807) is 53.7 Å². The molecule has 2 aromatic rings. The molecule has 0 spiro atoms. The van der Waals surface area contributed by atoms with E-state index in [0.717, 1.165) is 25.2 Å². The molecule has 0 unspecified atom stereocenters. The molecule has 29 heavy (non-hydrogen) atoms. The van der Waals surface area contributed by atoms with Gasteiger partial charge < -0.3 is 14.9 Å². The Bertz CT molecular complexity index is 909. The van der Waals surface area contributed by atoms with E-state index in [9.17, 15) is 14.7 Å². The lowest BCUT2D eigenvalue weighted by atomic mass is 9.96. The molecule has 1 saturated heterocycles. The summed E-state index contributed by atoms with van der Waals surface area (Å²) in [6.07, 6.45) is 3.24. The molecule has 2 heterocycles. The zero-order valence-electron chi connectivity index (χ0n) is 16.6. The van der Waals surface area contributed by atoms with Crippen molar-refractivity contribution in [3.63, 3.8) is 0 Å². The third-order valence-electron chi connectivity index (χ3n) is 5.39. The first kappa shape index (κ1) is 21.0. The number of carbonyl (C=O) groups is 2. The molecule has 1 aromatic carbocycles. The van der Waals surface area contributed by atoms with E-state index < -0.39 is 17.7 Å². The van der Waals surface area contributed by atoms with Crippen LogP contribution in [0.1, 0.15) is 31.0 Å². The molecular weight excluding hydrogens is 390 g/mol. The maximum Gasteiger partial charge on any atom is 0.295 e. The number of aromatic nitrogens is 1. The highest BCUT2D eigenvalue weighted by molar-refractivity contribution is 6.46. The highest BCUT2D eigenvalue weighted by Gasteiger charge is 2.46. The molecule has 0 saturated carbocycles. The fourth-order valence-corrected chi connectivity index (χ4v) is 3.77. The first-order chi connectivity index (χ1) is 14.0. The van der Waals surface area contributed by atoms with Crippen LogP contribution in [-0.4, -0.2) is 52.9 Å². The quantitative estimate of drug-likeness (QED) is 0.413. The van der Waals surface area contributed by atoms with Crippen LogP contribution in [0, 0.1) is 0 Å². The van der Waals surface area contributed by atoms with Gasteiger partial charge in [0.2, 0.25) is 0 Å². The number of likely N-dealkylation sites (tertiary alicyclic amines) is 1. The highest BCUT2D eigenvalue weighted by atomic mass is 35.5. The van der Waals surface area contributed by atoms with Crippen molar-refractivity contribution in [2.24, 2.45) is 0 Å². The van der Waals surface area contributed by atoms with Crippen LogP contribution < -0.4 is 4.90 Å². The molecule has 0 radical (unpaired) electrons. The third kappa shape index (κ3) is 4.33. The number of quaternary nitrogens is 1. The van der Waals surface area contributed by atoms with E-state index in [1.165, 1.54) is 4.90 Å². The summed E-state index contributed by atoms with van der Waals surface area (Å²) in [5.74, 6) is -1.46. The van der Waals surface area contributed by atoms with Crippen molar-refractivity contribution in [3.8, 4) is 0 Å². The molecule has 2 N–H and O–H groups in total. The number of benzene rings is 1. The topological polar surface area (TPSA) is 74.9 Å². The van der Waals surface area contributed by atoms with E-state index in [1.807, 2.05) is 0 Å². The van der Waals surface area contributed by atoms with Gasteiger partial charge in [-0.25, -0.2) is 0 Å². The number of halogens is 1. The number of ketones is 1. The maximum absolute atomic E-state index is 12.9. The molecule has 6 nitrogen and oxygen atoms in total. The van der Waals surface area contributed by atoms with Gasteiger partial charge in [-0.05, 0) is 55.8 Å². The minimum atomic E-state index is -0.672. The Morgan fingerprint density at radius 2 is 1.72 bits per heavy atom. The number of rotatable bonds is 7. The number of hydrogen-bond donors (Lipinski definition) is 2. The van der Waals surface area contributed by atoms with E-state index >= 15 is 0 Å². The summed E-state index contributed by atoms with van der Waals surface area (Å²) >= 11 is 5.94. The van der Waals surface area contributed by atoms with Crippen LogP contribution in [0.2, 0.25) is 5.02 Å². The Kier molecular flexibility index (Phi) is 6.67. The molecule has 3 rings (SSSR count). The monoisotopic (exact) mass is 414 g/mol. The number of aliphatic hydroxyl groups excluding tert-OH is 1. The van der Waals surface area contributed by atoms with Gasteiger partial charge in [0.1, 0.15) is 5.76 Å². The number of nitrogens with one attached hydrogen (secondary N) is 1. The van der Waals surface area contributed by atoms with Crippen molar-refractivity contribution in [3.05, 3.63) is 70.5 Å². The Morgan fingerprint density at radius 3 is 2.31 bits per heavy atom. The fraction of sp³-hybridized carbons (Fsp3) is 0.318. The van der Waals surface area contributed by atoms with Gasteiger partial charge in [0.15, 0.2) is 0 Å². The number of nitrogens with zero attached hydrogens (tertiary/aromatic N) is 2. The van der Waals surface area contributed by atoms with Crippen LogP contribution in [0.25, 0.3) is 5.76 Å². The average Bonchev–Trinajstić information content (AvgIpc) is 3.00. The summed E-state index contributed by atoms with van der Waals surface area (Å²) in [4.78, 5) is 32.7. The van der Waals surface area contributed by atoms with E-state index in [-0.39, 0.29) is 11.3 Å². The van der Waals surface area contributed by atoms with Crippen LogP contribution >= 0.6 is 11.6 Å². The maximum atomic E-state index is 12.9. The number of pyridine rings is 1. The van der Waals surface area contributed by atoms with Crippen LogP contribution in [0.5, 0.6) is 0 Å². The number of Topliss-reactive ketones (excluding diaryl/α,β-unsaturated/α-hetero) is 1. The van der Waals surface area contributed by atoms with Crippen LogP contribution in [-0.2, 0) is 9.59 Å². The van der Waals surface area contributed by atoms with Gasteiger partial charge in [-0.1, -0.05) is 11.6 Å². The third-order valence-corrected chi connectivity index (χ3v) is 5.64. The number of aliphatic hydroxyl groups is 1. The van der Waals surface area contributed by atoms with Crippen molar-refractivity contribution in [1.29, 1.82) is 0 Å². The Labute approximate surface area is 175 Å². The van der Waals surface area contributed by atoms with Gasteiger partial charge in [0, 0.05) is 23.0 Å². The fourth-order valence-electron chi connectivity index (χ4n) is 3.65. The van der Waals surface area contributed by atoms with Gasteiger partial charge in [-0.15, -0.1) is 0 Å². The summed E-state index contributed by atoms with van der Waals surface area (Å²) in [5, 5.41) is 11.5. The predicted octanol–water partition coefficient (Wildman–Crippen LogP) is 2.08. The Hall–Kier alpha value is -2.70. The average molecular weight is 415 g/mol. The van der Waals surface area contributed by atoms with E-state index in [4.69, 9.17) is 11.6 Å². The first-order valence-corrected chi connectivity index (χ1v) is 10.1. The van der Waals surface area contributed by atoms with Crippen LogP contribution in [0.3, 0.4) is 0 Å². The predicted molar refractivity (Wildman–Crippen MR) is 112 cm³/mol. The van der Waals surface area contributed by atoms with Crippen LogP contribution in [0.15, 0.2) is 54.4 Å². The molecule has 7 heteroatoms. The molecule has 152 valence electrons. The standard InChI is InChI=1S/C22H24ClN3O3/c1-3-25(4-2)13-14-26-19(15-9-11-24-12-10-15)18(21(28)22(26)29)20(27)16-5-7-17(23)8-6-16/h5-12,19,27H,3-4,13-14H2,1-2H3/p+1/b20-18+/t19-/m1/s1. The van der Waals surface area contributed by atoms with Gasteiger partial charge in [-0.2, -0.15) is 0 Å². The summed E-state index contributed by atoms with van der Waals surface area (Å²) in [6, 6.07) is 9.43. The van der Waals surface area contributed by atoms with E-state index in [0.29, 0.717) is 17.1 Å². The molecule has 1 aliphatic heterocycles. The van der Waals surface area contributed by atoms with Crippen molar-refractivity contribution >= 4 is 29.1 Å². The molecule has 0 bridgehead atoms. The molecule has 1 amide bonds.